The quantitative estimate of drug-likeness (QED) is 0.0552. The van der Waals surface area contributed by atoms with Gasteiger partial charge in [-0.1, -0.05) is 155 Å². The molecule has 1 atom stereocenters. The Morgan fingerprint density at radius 3 is 1.20 bits per heavy atom. The van der Waals surface area contributed by atoms with Crippen LogP contribution in [0.1, 0.15) is 200 Å². The van der Waals surface area contributed by atoms with Crippen LogP contribution in [0.5, 0.6) is 0 Å². The van der Waals surface area contributed by atoms with Crippen LogP contribution in [0.2, 0.25) is 0 Å². The number of carboxylic acids is 1. The van der Waals surface area contributed by atoms with Gasteiger partial charge in [0.15, 0.2) is 11.4 Å². The number of aliphatic hydroxyl groups is 1. The molecule has 1 unspecified atom stereocenters. The zero-order valence-corrected chi connectivity index (χ0v) is 30.4. The molecule has 0 radical (unpaired) electrons. The van der Waals surface area contributed by atoms with E-state index in [4.69, 9.17) is 0 Å². The van der Waals surface area contributed by atoms with Gasteiger partial charge in [-0.3, -0.25) is 9.59 Å². The lowest BCUT2D eigenvalue weighted by atomic mass is 9.89. The molecule has 0 saturated carbocycles. The second-order valence-corrected chi connectivity index (χ2v) is 15.1. The van der Waals surface area contributed by atoms with Crippen LogP contribution in [0.25, 0.3) is 0 Å². The Labute approximate surface area is 279 Å². The van der Waals surface area contributed by atoms with E-state index in [0.717, 1.165) is 44.9 Å². The fourth-order valence-corrected chi connectivity index (χ4v) is 6.52. The second kappa shape index (κ2) is 28.9. The van der Waals surface area contributed by atoms with E-state index >= 15 is 0 Å². The molecule has 0 aromatic rings. The summed E-state index contributed by atoms with van der Waals surface area (Å²) >= 11 is 0. The Balaban J connectivity index is 3.48. The van der Waals surface area contributed by atoms with Gasteiger partial charge in [0, 0.05) is 31.7 Å². The highest BCUT2D eigenvalue weighted by Crippen LogP contribution is 2.20. The predicted molar refractivity (Wildman–Crippen MR) is 187 cm³/mol. The van der Waals surface area contributed by atoms with E-state index in [1.165, 1.54) is 128 Å². The third kappa shape index (κ3) is 29.9. The van der Waals surface area contributed by atoms with Gasteiger partial charge in [0.05, 0.1) is 21.1 Å². The standard InChI is InChI=1S/C39H75NO5/c1-5-6-7-8-9-10-11-13-16-19-22-25-28-31-36(41)32-29-26-23-20-17-14-12-15-18-21-24-27-30-33-37(42)39(45,34-38(43)44)35-40(2,3)4/h45H,5-35H2,1-4H3/i36+2. The van der Waals surface area contributed by atoms with E-state index < -0.39 is 18.0 Å². The molecule has 1 N–H and O–H groups in total. The van der Waals surface area contributed by atoms with E-state index in [-0.39, 0.29) is 18.7 Å². The van der Waals surface area contributed by atoms with Crippen molar-refractivity contribution in [3.05, 3.63) is 0 Å². The van der Waals surface area contributed by atoms with E-state index in [0.29, 0.717) is 16.7 Å². The molecule has 0 heterocycles. The van der Waals surface area contributed by atoms with Crippen LogP contribution in [-0.4, -0.2) is 60.4 Å². The minimum absolute atomic E-state index is 0.0685. The normalized spacial score (nSPS) is 13.2. The van der Waals surface area contributed by atoms with Gasteiger partial charge in [-0.15, -0.1) is 0 Å². The number of carboxylic acid groups (broad SMARTS) is 1. The van der Waals surface area contributed by atoms with Gasteiger partial charge in [-0.2, -0.15) is 0 Å². The van der Waals surface area contributed by atoms with Crippen molar-refractivity contribution in [2.24, 2.45) is 0 Å². The minimum Gasteiger partial charge on any atom is -0.550 e. The minimum atomic E-state index is -1.85. The number of carbonyl (C=O) groups is 3. The van der Waals surface area contributed by atoms with E-state index in [9.17, 15) is 24.6 Å². The first-order valence-electron chi connectivity index (χ1n) is 19.3. The van der Waals surface area contributed by atoms with Crippen LogP contribution in [0.3, 0.4) is 0 Å². The lowest BCUT2D eigenvalue weighted by Gasteiger charge is -2.34. The van der Waals surface area contributed by atoms with Crippen LogP contribution >= 0.6 is 0 Å². The summed E-state index contributed by atoms with van der Waals surface area (Å²) in [7, 11) is 5.50. The summed E-state index contributed by atoms with van der Waals surface area (Å²) in [6.45, 7) is 2.34. The van der Waals surface area contributed by atoms with Crippen molar-refractivity contribution in [3.63, 3.8) is 0 Å². The Kier molecular flexibility index (Phi) is 28.1. The molecule has 0 aromatic heterocycles. The van der Waals surface area contributed by atoms with E-state index in [2.05, 4.69) is 6.92 Å². The van der Waals surface area contributed by atoms with Crippen molar-refractivity contribution in [3.8, 4) is 0 Å². The molecule has 45 heavy (non-hydrogen) atoms. The zero-order valence-electron chi connectivity index (χ0n) is 30.4. The second-order valence-electron chi connectivity index (χ2n) is 15.1. The summed E-state index contributed by atoms with van der Waals surface area (Å²) in [6, 6.07) is 0. The van der Waals surface area contributed by atoms with Crippen LogP contribution in [0.4, 0.5) is 0 Å². The Morgan fingerprint density at radius 1 is 0.578 bits per heavy atom. The Bertz CT molecular complexity index is 731. The summed E-state index contributed by atoms with van der Waals surface area (Å²) in [5.41, 5.74) is -1.85. The van der Waals surface area contributed by atoms with Gasteiger partial charge in [0.2, 0.25) is 0 Å². The molecular weight excluding hydrogens is 564 g/mol. The first kappa shape index (κ1) is 43.7. The van der Waals surface area contributed by atoms with Gasteiger partial charge in [-0.05, 0) is 19.3 Å². The van der Waals surface area contributed by atoms with Gasteiger partial charge in [0.25, 0.3) is 0 Å². The predicted octanol–water partition coefficient (Wildman–Crippen LogP) is 9.03. The molecular formula is C39H75NO5. The fourth-order valence-electron chi connectivity index (χ4n) is 6.52. The molecule has 0 aliphatic heterocycles. The van der Waals surface area contributed by atoms with Crippen LogP contribution in [-0.2, 0) is 14.4 Å². The molecule has 0 bridgehead atoms. The number of unbranched alkanes of at least 4 members (excludes halogenated alkanes) is 24. The maximum Gasteiger partial charge on any atom is 0.177 e. The van der Waals surface area contributed by atoms with Gasteiger partial charge < -0.3 is 19.5 Å². The highest BCUT2D eigenvalue weighted by Gasteiger charge is 2.40. The lowest BCUT2D eigenvalue weighted by molar-refractivity contribution is -0.875. The van der Waals surface area contributed by atoms with Gasteiger partial charge in [-0.25, -0.2) is 0 Å². The fraction of sp³-hybridized carbons (Fsp3) is 0.923. The van der Waals surface area contributed by atoms with Crippen molar-refractivity contribution < 1.29 is 29.1 Å². The molecule has 6 nitrogen and oxygen atoms in total. The number of likely N-dealkylation sites (N-methyl/N-ethyl adjacent to an activating group) is 1. The van der Waals surface area contributed by atoms with Gasteiger partial charge in [0.1, 0.15) is 12.3 Å². The molecule has 266 valence electrons. The third-order valence-corrected chi connectivity index (χ3v) is 9.11. The monoisotopic (exact) mass is 640 g/mol. The number of Topliss-reactive ketones (excluding diaryl/α,β-unsaturated/α-hetero) is 2. The van der Waals surface area contributed by atoms with Crippen LogP contribution in [0, 0.1) is 0 Å². The highest BCUT2D eigenvalue weighted by atomic mass is 16.4. The first-order chi connectivity index (χ1) is 21.5. The first-order valence-corrected chi connectivity index (χ1v) is 19.3. The van der Waals surface area contributed by atoms with Crippen molar-refractivity contribution in [2.75, 3.05) is 27.7 Å². The molecule has 0 aromatic carbocycles. The smallest absolute Gasteiger partial charge is 0.177 e. The summed E-state index contributed by atoms with van der Waals surface area (Å²) in [4.78, 5) is 35.8. The maximum atomic E-state index is 12.6. The summed E-state index contributed by atoms with van der Waals surface area (Å²) in [6.07, 6.45) is 33.6. The molecule has 0 spiro atoms. The largest absolute Gasteiger partial charge is 0.550 e. The Morgan fingerprint density at radius 2 is 0.889 bits per heavy atom. The molecule has 0 amide bonds. The number of nitrogens with zero attached hydrogens (tertiary/aromatic N) is 1. The lowest BCUT2D eigenvalue weighted by Crippen LogP contribution is -2.56. The maximum absolute atomic E-state index is 12.6. The Hall–Kier alpha value is -1.27. The summed E-state index contributed by atoms with van der Waals surface area (Å²) in [5, 5.41) is 21.8. The summed E-state index contributed by atoms with van der Waals surface area (Å²) < 4.78 is 0.316. The molecule has 0 rings (SSSR count). The van der Waals surface area contributed by atoms with Crippen LogP contribution < -0.4 is 5.11 Å². The van der Waals surface area contributed by atoms with Crippen molar-refractivity contribution >= 4 is 17.5 Å². The zero-order chi connectivity index (χ0) is 33.7. The topological polar surface area (TPSA) is 94.5 Å². The van der Waals surface area contributed by atoms with Crippen LogP contribution in [0.15, 0.2) is 0 Å². The van der Waals surface area contributed by atoms with E-state index in [1.807, 2.05) is 21.1 Å². The number of carbonyl (C=O) groups excluding carboxylic acids is 3. The molecule has 0 saturated heterocycles. The molecule has 6 heteroatoms. The summed E-state index contributed by atoms with van der Waals surface area (Å²) in [5.74, 6) is -1.29. The average molecular weight is 640 g/mol. The van der Waals surface area contributed by atoms with Gasteiger partial charge >= 0.3 is 0 Å². The number of rotatable bonds is 35. The number of hydrogen-bond acceptors (Lipinski definition) is 5. The molecule has 0 aliphatic carbocycles. The number of aliphatic carboxylic acids is 1. The molecule has 0 aliphatic rings. The van der Waals surface area contributed by atoms with Crippen molar-refractivity contribution in [2.45, 2.75) is 205 Å². The number of quaternary nitrogens is 1. The van der Waals surface area contributed by atoms with Crippen molar-refractivity contribution in [1.29, 1.82) is 0 Å². The highest BCUT2D eigenvalue weighted by molar-refractivity contribution is 5.90. The average Bonchev–Trinajstić information content (AvgIpc) is 2.95. The van der Waals surface area contributed by atoms with E-state index in [1.54, 1.807) is 0 Å². The number of ketones is 2. The molecule has 0 fully saturated rings. The SMILES string of the molecule is CCCCCCCCCCCCCCC[14C](=O)CCCCCCCCCCCCCCCC(=O)C(O)(CC(=O)[O-])C[N+](C)(C)C. The van der Waals surface area contributed by atoms with Crippen molar-refractivity contribution in [1.82, 2.24) is 0 Å². The third-order valence-electron chi connectivity index (χ3n) is 9.11. The number of hydrogen-bond donors (Lipinski definition) is 1.